The highest BCUT2D eigenvalue weighted by Gasteiger charge is 2.29. The Morgan fingerprint density at radius 3 is 1.37 bits per heavy atom. The largest absolute Gasteiger partial charge is 0.497 e. The van der Waals surface area contributed by atoms with E-state index >= 15 is 0 Å². The molecule has 4 heterocycles. The van der Waals surface area contributed by atoms with Gasteiger partial charge in [-0.1, -0.05) is 12.1 Å². The topological polar surface area (TPSA) is 65.5 Å². The van der Waals surface area contributed by atoms with Crippen LogP contribution in [0.4, 0.5) is 0 Å². The molecule has 0 aliphatic carbocycles. The predicted octanol–water partition coefficient (Wildman–Crippen LogP) is 9.07. The Balaban J connectivity index is 1.69. The van der Waals surface area contributed by atoms with Crippen LogP contribution in [0.2, 0.25) is 0 Å². The molecule has 0 radical (unpaired) electrons. The summed E-state index contributed by atoms with van der Waals surface area (Å²) >= 11 is 0. The lowest BCUT2D eigenvalue weighted by Gasteiger charge is -2.21. The van der Waals surface area contributed by atoms with Gasteiger partial charge in [0.05, 0.1) is 18.5 Å². The first kappa shape index (κ1) is 28.4. The van der Waals surface area contributed by atoms with Crippen molar-refractivity contribution < 1.29 is 4.74 Å². The SMILES string of the molecule is COc1ccc(C(c2c(C)[nH]c(/C=C3/N=C(C)C(C)=C3C)c2C)c2c(C)[nH]c(/C=C3/N=C(C)C(C)=C3C)c2C)cc1. The molecule has 0 amide bonds. The van der Waals surface area contributed by atoms with Crippen LogP contribution in [0.25, 0.3) is 12.2 Å². The predicted molar refractivity (Wildman–Crippen MR) is 173 cm³/mol. The summed E-state index contributed by atoms with van der Waals surface area (Å²) < 4.78 is 5.51. The molecule has 2 aliphatic rings. The Morgan fingerprint density at radius 1 is 0.610 bits per heavy atom. The van der Waals surface area contributed by atoms with Gasteiger partial charge in [0.1, 0.15) is 5.75 Å². The van der Waals surface area contributed by atoms with Crippen LogP contribution >= 0.6 is 0 Å². The number of methoxy groups -OCH3 is 1. The van der Waals surface area contributed by atoms with Crippen LogP contribution < -0.4 is 4.74 Å². The third kappa shape index (κ3) is 4.88. The first-order valence-corrected chi connectivity index (χ1v) is 14.3. The van der Waals surface area contributed by atoms with Crippen molar-refractivity contribution in [1.82, 2.24) is 9.97 Å². The van der Waals surface area contributed by atoms with Crippen LogP contribution in [0.5, 0.6) is 5.75 Å². The van der Waals surface area contributed by atoms with Crippen molar-refractivity contribution >= 4 is 23.6 Å². The van der Waals surface area contributed by atoms with Crippen molar-refractivity contribution in [3.05, 3.63) is 109 Å². The van der Waals surface area contributed by atoms with Crippen molar-refractivity contribution in [3.8, 4) is 5.75 Å². The highest BCUT2D eigenvalue weighted by atomic mass is 16.5. The summed E-state index contributed by atoms with van der Waals surface area (Å²) in [5.41, 5.74) is 20.1. The highest BCUT2D eigenvalue weighted by Crippen LogP contribution is 2.42. The average molecular weight is 547 g/mol. The molecule has 5 rings (SSSR count). The van der Waals surface area contributed by atoms with Gasteiger partial charge in [-0.25, -0.2) is 0 Å². The molecule has 2 aliphatic heterocycles. The normalized spacial score (nSPS) is 17.6. The third-order valence-corrected chi connectivity index (χ3v) is 9.21. The zero-order chi connectivity index (χ0) is 29.7. The summed E-state index contributed by atoms with van der Waals surface area (Å²) in [6.07, 6.45) is 4.41. The second-order valence-corrected chi connectivity index (χ2v) is 11.6. The van der Waals surface area contributed by atoms with E-state index in [0.29, 0.717) is 0 Å². The number of aromatic amines is 2. The van der Waals surface area contributed by atoms with Crippen LogP contribution in [-0.2, 0) is 0 Å². The summed E-state index contributed by atoms with van der Waals surface area (Å²) in [6, 6.07) is 8.50. The molecule has 1 aromatic carbocycles. The molecule has 0 atom stereocenters. The Labute approximate surface area is 244 Å². The molecule has 0 bridgehead atoms. The zero-order valence-electron chi connectivity index (χ0n) is 26.3. The number of aromatic nitrogens is 2. The number of H-pyrrole nitrogens is 2. The maximum absolute atomic E-state index is 5.51. The van der Waals surface area contributed by atoms with Crippen LogP contribution in [0.1, 0.15) is 98.1 Å². The fourth-order valence-corrected chi connectivity index (χ4v) is 6.19. The average Bonchev–Trinajstić information content (AvgIpc) is 3.56. The molecule has 5 heteroatoms. The minimum absolute atomic E-state index is 0.0343. The second-order valence-electron chi connectivity index (χ2n) is 11.6. The number of aliphatic imine (C=N–C) groups is 2. The summed E-state index contributed by atoms with van der Waals surface area (Å²) in [7, 11) is 1.71. The molecule has 2 aromatic heterocycles. The van der Waals surface area contributed by atoms with Crippen molar-refractivity contribution in [1.29, 1.82) is 0 Å². The van der Waals surface area contributed by atoms with Gasteiger partial charge < -0.3 is 14.7 Å². The minimum Gasteiger partial charge on any atom is -0.497 e. The van der Waals surface area contributed by atoms with Crippen molar-refractivity contribution in [2.45, 2.75) is 75.2 Å². The lowest BCUT2D eigenvalue weighted by atomic mass is 9.81. The van der Waals surface area contributed by atoms with Gasteiger partial charge in [0.15, 0.2) is 0 Å². The molecule has 0 saturated carbocycles. The first-order chi connectivity index (χ1) is 19.4. The van der Waals surface area contributed by atoms with Gasteiger partial charge in [-0.2, -0.15) is 0 Å². The fraction of sp³-hybridized carbons (Fsp3) is 0.333. The molecule has 0 unspecified atom stereocenters. The lowest BCUT2D eigenvalue weighted by Crippen LogP contribution is -2.08. The Bertz CT molecular complexity index is 1640. The van der Waals surface area contributed by atoms with E-state index in [-0.39, 0.29) is 5.92 Å². The molecular formula is C36H42N4O. The van der Waals surface area contributed by atoms with Gasteiger partial charge in [0, 0.05) is 40.1 Å². The van der Waals surface area contributed by atoms with E-state index in [4.69, 9.17) is 14.7 Å². The first-order valence-electron chi connectivity index (χ1n) is 14.3. The van der Waals surface area contributed by atoms with E-state index in [0.717, 1.165) is 51.3 Å². The van der Waals surface area contributed by atoms with Crippen LogP contribution in [0, 0.1) is 27.7 Å². The highest BCUT2D eigenvalue weighted by molar-refractivity contribution is 6.04. The van der Waals surface area contributed by atoms with Gasteiger partial charge >= 0.3 is 0 Å². The lowest BCUT2D eigenvalue weighted by molar-refractivity contribution is 0.414. The molecule has 5 nitrogen and oxygen atoms in total. The second kappa shape index (κ2) is 10.7. The molecule has 2 N–H and O–H groups in total. The molecule has 0 fully saturated rings. The number of nitrogens with one attached hydrogen (secondary N) is 2. The summed E-state index contributed by atoms with van der Waals surface area (Å²) in [6.45, 7) is 21.6. The molecular weight excluding hydrogens is 504 g/mol. The van der Waals surface area contributed by atoms with E-state index in [1.807, 2.05) is 0 Å². The monoisotopic (exact) mass is 546 g/mol. The van der Waals surface area contributed by atoms with Gasteiger partial charge in [-0.3, -0.25) is 9.98 Å². The molecule has 41 heavy (non-hydrogen) atoms. The summed E-state index contributed by atoms with van der Waals surface area (Å²) in [5.74, 6) is 0.889. The quantitative estimate of drug-likeness (QED) is 0.318. The number of aryl methyl sites for hydroxylation is 2. The van der Waals surface area contributed by atoms with Crippen LogP contribution in [0.3, 0.4) is 0 Å². The van der Waals surface area contributed by atoms with Gasteiger partial charge in [0.25, 0.3) is 0 Å². The fourth-order valence-electron chi connectivity index (χ4n) is 6.19. The third-order valence-electron chi connectivity index (χ3n) is 9.21. The van der Waals surface area contributed by atoms with Crippen molar-refractivity contribution in [2.75, 3.05) is 7.11 Å². The molecule has 0 saturated heterocycles. The minimum atomic E-state index is 0.0343. The number of hydrogen-bond acceptors (Lipinski definition) is 3. The summed E-state index contributed by atoms with van der Waals surface area (Å²) in [4.78, 5) is 17.1. The maximum atomic E-state index is 5.51. The van der Waals surface area contributed by atoms with Gasteiger partial charge in [-0.15, -0.1) is 0 Å². The smallest absolute Gasteiger partial charge is 0.118 e. The standard InChI is InChI=1S/C36H42N4O/c1-18-20(3)30(37-24(18)7)16-32-22(5)34(26(9)39-32)36(28-12-14-29(41-11)15-13-28)35-23(6)33(40-27(35)10)17-31-21(4)19(2)25(8)38-31/h12-17,36,39-40H,1-11H3/b30-16+,31-17+. The molecule has 0 spiro atoms. The number of allylic oxidation sites excluding steroid dienone is 4. The number of rotatable bonds is 6. The molecule has 212 valence electrons. The van der Waals surface area contributed by atoms with Gasteiger partial charge in [0.2, 0.25) is 0 Å². The van der Waals surface area contributed by atoms with Crippen LogP contribution in [0.15, 0.2) is 67.9 Å². The van der Waals surface area contributed by atoms with E-state index in [1.165, 1.54) is 50.1 Å². The Kier molecular flexibility index (Phi) is 7.41. The Hall–Kier alpha value is -4.12. The number of benzene rings is 1. The number of hydrogen-bond donors (Lipinski definition) is 2. The zero-order valence-corrected chi connectivity index (χ0v) is 26.3. The number of ether oxygens (including phenoxy) is 1. The Morgan fingerprint density at radius 2 is 1.02 bits per heavy atom. The van der Waals surface area contributed by atoms with E-state index in [2.05, 4.69) is 116 Å². The summed E-state index contributed by atoms with van der Waals surface area (Å²) in [5, 5.41) is 0. The molecule has 3 aromatic rings. The van der Waals surface area contributed by atoms with Crippen LogP contribution in [-0.4, -0.2) is 28.5 Å². The van der Waals surface area contributed by atoms with E-state index in [9.17, 15) is 0 Å². The van der Waals surface area contributed by atoms with Gasteiger partial charge in [-0.05, 0) is 144 Å². The van der Waals surface area contributed by atoms with E-state index in [1.54, 1.807) is 7.11 Å². The maximum Gasteiger partial charge on any atom is 0.118 e. The van der Waals surface area contributed by atoms with Crippen molar-refractivity contribution in [2.24, 2.45) is 9.98 Å². The van der Waals surface area contributed by atoms with Crippen molar-refractivity contribution in [3.63, 3.8) is 0 Å². The number of nitrogens with zero attached hydrogens (tertiary/aromatic N) is 2. The van der Waals surface area contributed by atoms with E-state index < -0.39 is 0 Å².